The third kappa shape index (κ3) is 3.57. The molecule has 1 fully saturated rings. The molecule has 0 unspecified atom stereocenters. The van der Waals surface area contributed by atoms with E-state index in [1.807, 2.05) is 43.3 Å². The Morgan fingerprint density at radius 3 is 2.54 bits per heavy atom. The lowest BCUT2D eigenvalue weighted by atomic mass is 9.95. The fourth-order valence-corrected chi connectivity index (χ4v) is 4.30. The predicted molar refractivity (Wildman–Crippen MR) is 112 cm³/mol. The molecule has 0 aliphatic carbocycles. The Morgan fingerprint density at radius 1 is 1.14 bits per heavy atom. The van der Waals surface area contributed by atoms with Gasteiger partial charge in [-0.25, -0.2) is 4.79 Å². The number of hydrogen-bond donors (Lipinski definition) is 2. The Balaban J connectivity index is 1.89. The summed E-state index contributed by atoms with van der Waals surface area (Å²) in [5.74, 6) is 1.05. The molecular weight excluding hydrogens is 350 g/mol. The number of quaternary nitrogens is 1. The number of nitrogens with one attached hydrogen (secondary N) is 1. The molecular formula is C24H28NO3+. The molecule has 1 aromatic heterocycles. The highest BCUT2D eigenvalue weighted by Crippen LogP contribution is 2.36. The van der Waals surface area contributed by atoms with E-state index >= 15 is 0 Å². The molecule has 0 bridgehead atoms. The first-order valence-corrected chi connectivity index (χ1v) is 10.3. The van der Waals surface area contributed by atoms with Gasteiger partial charge in [0.1, 0.15) is 12.3 Å². The molecule has 28 heavy (non-hydrogen) atoms. The van der Waals surface area contributed by atoms with Crippen molar-refractivity contribution in [1.82, 2.24) is 0 Å². The second kappa shape index (κ2) is 7.80. The van der Waals surface area contributed by atoms with Gasteiger partial charge in [0.15, 0.2) is 5.58 Å². The lowest BCUT2D eigenvalue weighted by Gasteiger charge is -2.28. The molecule has 2 N–H and O–H groups in total. The number of benzene rings is 2. The van der Waals surface area contributed by atoms with Crippen molar-refractivity contribution >= 4 is 11.0 Å². The van der Waals surface area contributed by atoms with Crippen LogP contribution in [-0.4, -0.2) is 18.2 Å². The van der Waals surface area contributed by atoms with Gasteiger partial charge < -0.3 is 14.4 Å². The predicted octanol–water partition coefficient (Wildman–Crippen LogP) is 3.54. The van der Waals surface area contributed by atoms with Gasteiger partial charge in [-0.2, -0.15) is 0 Å². The number of aromatic hydroxyl groups is 1. The second-order valence-corrected chi connectivity index (χ2v) is 8.05. The fourth-order valence-electron chi connectivity index (χ4n) is 4.30. The topological polar surface area (TPSA) is 54.9 Å². The third-order valence-corrected chi connectivity index (χ3v) is 6.06. The van der Waals surface area contributed by atoms with Crippen LogP contribution in [0.25, 0.3) is 22.1 Å². The Morgan fingerprint density at radius 2 is 1.86 bits per heavy atom. The van der Waals surface area contributed by atoms with Gasteiger partial charge in [-0.1, -0.05) is 44.2 Å². The Kier molecular flexibility index (Phi) is 5.23. The number of hydrogen-bond acceptors (Lipinski definition) is 3. The first kappa shape index (κ1) is 18.8. The van der Waals surface area contributed by atoms with E-state index in [1.54, 1.807) is 6.07 Å². The Bertz CT molecular complexity index is 1030. The third-order valence-electron chi connectivity index (χ3n) is 6.06. The molecule has 146 valence electrons. The van der Waals surface area contributed by atoms with Crippen LogP contribution in [0.3, 0.4) is 0 Å². The molecule has 0 amide bonds. The van der Waals surface area contributed by atoms with Crippen molar-refractivity contribution in [3.05, 3.63) is 64.0 Å². The van der Waals surface area contributed by atoms with Crippen molar-refractivity contribution in [3.63, 3.8) is 0 Å². The van der Waals surface area contributed by atoms with Gasteiger partial charge in [0.05, 0.1) is 18.7 Å². The molecule has 4 rings (SSSR count). The van der Waals surface area contributed by atoms with E-state index in [9.17, 15) is 9.90 Å². The molecule has 0 radical (unpaired) electrons. The Hall–Kier alpha value is -2.59. The van der Waals surface area contributed by atoms with E-state index in [2.05, 4.69) is 6.92 Å². The van der Waals surface area contributed by atoms with Gasteiger partial charge in [-0.15, -0.1) is 0 Å². The molecule has 2 aromatic carbocycles. The summed E-state index contributed by atoms with van der Waals surface area (Å²) in [6.45, 7) is 7.19. The second-order valence-electron chi connectivity index (χ2n) is 8.05. The van der Waals surface area contributed by atoms with Crippen molar-refractivity contribution in [2.75, 3.05) is 13.1 Å². The maximum absolute atomic E-state index is 12.4. The summed E-state index contributed by atoms with van der Waals surface area (Å²) in [5.41, 5.74) is 3.68. The molecule has 1 aliphatic rings. The van der Waals surface area contributed by atoms with Crippen LogP contribution in [0.1, 0.15) is 37.8 Å². The van der Waals surface area contributed by atoms with Crippen molar-refractivity contribution in [2.45, 2.75) is 39.7 Å². The summed E-state index contributed by atoms with van der Waals surface area (Å²) in [6.07, 6.45) is 3.12. The highest BCUT2D eigenvalue weighted by atomic mass is 16.4. The monoisotopic (exact) mass is 378 g/mol. The highest BCUT2D eigenvalue weighted by molar-refractivity contribution is 5.96. The number of aryl methyl sites for hydroxylation is 1. The minimum atomic E-state index is -0.376. The van der Waals surface area contributed by atoms with Gasteiger partial charge in [0.25, 0.3) is 0 Å². The van der Waals surface area contributed by atoms with Crippen LogP contribution in [0.2, 0.25) is 0 Å². The number of phenols is 1. The van der Waals surface area contributed by atoms with Crippen LogP contribution in [0.5, 0.6) is 5.75 Å². The van der Waals surface area contributed by atoms with Gasteiger partial charge >= 0.3 is 5.63 Å². The summed E-state index contributed by atoms with van der Waals surface area (Å²) < 4.78 is 5.67. The lowest BCUT2D eigenvalue weighted by molar-refractivity contribution is -0.919. The standard InChI is InChI=1S/C24H27NO3/c1-3-17-13-20-19(18-7-5-4-6-8-18)14-22(26)28-24(20)21(23(17)27)15-25-11-9-16(2)10-12-25/h4-8,13-14,16,27H,3,9-12,15H2,1-2H3/p+1. The number of rotatable bonds is 4. The first-order chi connectivity index (χ1) is 13.6. The fraction of sp³-hybridized carbons (Fsp3) is 0.375. The van der Waals surface area contributed by atoms with Gasteiger partial charge in [-0.3, -0.25) is 0 Å². The summed E-state index contributed by atoms with van der Waals surface area (Å²) in [5, 5.41) is 11.8. The average Bonchev–Trinajstić information content (AvgIpc) is 2.71. The number of piperidine rings is 1. The highest BCUT2D eigenvalue weighted by Gasteiger charge is 2.24. The van der Waals surface area contributed by atoms with E-state index in [0.29, 0.717) is 12.1 Å². The van der Waals surface area contributed by atoms with Crippen molar-refractivity contribution in [3.8, 4) is 16.9 Å². The van der Waals surface area contributed by atoms with Crippen molar-refractivity contribution < 1.29 is 14.4 Å². The SMILES string of the molecule is CCc1cc2c(-c3ccccc3)cc(=O)oc2c(C[NH+]2CCC(C)CC2)c1O. The average molecular weight is 378 g/mol. The molecule has 0 spiro atoms. The molecule has 1 aliphatic heterocycles. The summed E-state index contributed by atoms with van der Waals surface area (Å²) in [6, 6.07) is 13.5. The van der Waals surface area contributed by atoms with Gasteiger partial charge in [0.2, 0.25) is 0 Å². The van der Waals surface area contributed by atoms with E-state index < -0.39 is 0 Å². The molecule has 4 heteroatoms. The van der Waals surface area contributed by atoms with Crippen LogP contribution < -0.4 is 10.5 Å². The summed E-state index contributed by atoms with van der Waals surface area (Å²) in [7, 11) is 0. The normalized spacial score (nSPS) is 19.8. The number of likely N-dealkylation sites (tertiary alicyclic amines) is 1. The van der Waals surface area contributed by atoms with Crippen LogP contribution in [0.15, 0.2) is 51.7 Å². The number of fused-ring (bicyclic) bond motifs is 1. The van der Waals surface area contributed by atoms with Crippen LogP contribution >= 0.6 is 0 Å². The summed E-state index contributed by atoms with van der Waals surface area (Å²) in [4.78, 5) is 13.8. The summed E-state index contributed by atoms with van der Waals surface area (Å²) >= 11 is 0. The van der Waals surface area contributed by atoms with E-state index in [4.69, 9.17) is 4.42 Å². The van der Waals surface area contributed by atoms with Crippen LogP contribution in [0, 0.1) is 5.92 Å². The molecule has 3 aromatic rings. The zero-order valence-electron chi connectivity index (χ0n) is 16.6. The van der Waals surface area contributed by atoms with E-state index in [-0.39, 0.29) is 11.4 Å². The van der Waals surface area contributed by atoms with Crippen LogP contribution in [-0.2, 0) is 13.0 Å². The quantitative estimate of drug-likeness (QED) is 0.683. The first-order valence-electron chi connectivity index (χ1n) is 10.3. The maximum atomic E-state index is 12.4. The smallest absolute Gasteiger partial charge is 0.336 e. The minimum absolute atomic E-state index is 0.287. The van der Waals surface area contributed by atoms with E-state index in [0.717, 1.165) is 53.1 Å². The largest absolute Gasteiger partial charge is 0.507 e. The van der Waals surface area contributed by atoms with Crippen molar-refractivity contribution in [1.29, 1.82) is 0 Å². The van der Waals surface area contributed by atoms with Gasteiger partial charge in [-0.05, 0) is 47.9 Å². The lowest BCUT2D eigenvalue weighted by Crippen LogP contribution is -3.11. The molecule has 4 nitrogen and oxygen atoms in total. The Labute approximate surface area is 165 Å². The van der Waals surface area contributed by atoms with Crippen molar-refractivity contribution in [2.24, 2.45) is 5.92 Å². The number of phenolic OH excluding ortho intramolecular Hbond substituents is 1. The minimum Gasteiger partial charge on any atom is -0.507 e. The zero-order chi connectivity index (χ0) is 19.7. The maximum Gasteiger partial charge on any atom is 0.336 e. The van der Waals surface area contributed by atoms with Gasteiger partial charge in [0, 0.05) is 11.5 Å². The molecule has 0 saturated carbocycles. The van der Waals surface area contributed by atoms with E-state index in [1.165, 1.54) is 17.7 Å². The zero-order valence-corrected chi connectivity index (χ0v) is 16.6. The van der Waals surface area contributed by atoms with Crippen LogP contribution in [0.4, 0.5) is 0 Å². The molecule has 1 saturated heterocycles. The molecule has 0 atom stereocenters. The molecule has 2 heterocycles.